The number of allylic oxidation sites excluding steroid dienone is 1. The summed E-state index contributed by atoms with van der Waals surface area (Å²) < 4.78 is 10.5. The van der Waals surface area contributed by atoms with Gasteiger partial charge >= 0.3 is 0 Å². The summed E-state index contributed by atoms with van der Waals surface area (Å²) >= 11 is 0. The maximum absolute atomic E-state index is 9.07. The zero-order valence-corrected chi connectivity index (χ0v) is 9.19. The summed E-state index contributed by atoms with van der Waals surface area (Å²) in [6.45, 7) is 3.11. The second kappa shape index (κ2) is 4.71. The average Bonchev–Trinajstić information content (AvgIpc) is 2.81. The van der Waals surface area contributed by atoms with E-state index < -0.39 is 0 Å². The number of ether oxygens (including phenoxy) is 2. The van der Waals surface area contributed by atoms with Gasteiger partial charge in [-0.1, -0.05) is 24.3 Å². The molecule has 0 saturated carbocycles. The summed E-state index contributed by atoms with van der Waals surface area (Å²) in [4.78, 5) is 0. The normalized spacial score (nSPS) is 13.9. The first-order chi connectivity index (χ1) is 7.81. The lowest BCUT2D eigenvalue weighted by atomic mass is 10.0. The molecule has 1 aliphatic rings. The van der Waals surface area contributed by atoms with Crippen molar-refractivity contribution in [3.63, 3.8) is 0 Å². The monoisotopic (exact) mass is 215 g/mol. The van der Waals surface area contributed by atoms with Crippen molar-refractivity contribution in [1.29, 1.82) is 5.26 Å². The van der Waals surface area contributed by atoms with Crippen LogP contribution in [0.3, 0.4) is 0 Å². The van der Waals surface area contributed by atoms with E-state index in [1.807, 2.05) is 31.2 Å². The minimum atomic E-state index is 0.394. The van der Waals surface area contributed by atoms with E-state index in [4.69, 9.17) is 14.7 Å². The summed E-state index contributed by atoms with van der Waals surface area (Å²) in [6.07, 6.45) is 0.568. The van der Waals surface area contributed by atoms with Gasteiger partial charge in [0.05, 0.1) is 0 Å². The van der Waals surface area contributed by atoms with E-state index in [0.29, 0.717) is 31.2 Å². The van der Waals surface area contributed by atoms with E-state index in [-0.39, 0.29) is 0 Å². The first-order valence-electron chi connectivity index (χ1n) is 5.24. The van der Waals surface area contributed by atoms with E-state index in [2.05, 4.69) is 6.07 Å². The molecule has 0 unspecified atom stereocenters. The van der Waals surface area contributed by atoms with Crippen molar-refractivity contribution < 1.29 is 9.47 Å². The molecule has 3 heteroatoms. The molecule has 16 heavy (non-hydrogen) atoms. The fourth-order valence-corrected chi connectivity index (χ4v) is 1.64. The van der Waals surface area contributed by atoms with Gasteiger partial charge in [0.15, 0.2) is 0 Å². The predicted octanol–water partition coefficient (Wildman–Crippen LogP) is 2.32. The Kier molecular flexibility index (Phi) is 3.11. The third-order valence-electron chi connectivity index (χ3n) is 2.56. The molecule has 3 nitrogen and oxygen atoms in total. The summed E-state index contributed by atoms with van der Waals surface area (Å²) in [5.74, 6) is 0.394. The third-order valence-corrected chi connectivity index (χ3v) is 2.56. The molecule has 0 radical (unpaired) electrons. The average molecular weight is 215 g/mol. The van der Waals surface area contributed by atoms with Crippen LogP contribution in [0.15, 0.2) is 35.8 Å². The van der Waals surface area contributed by atoms with Gasteiger partial charge in [0.2, 0.25) is 0 Å². The van der Waals surface area contributed by atoms with E-state index in [1.54, 1.807) is 0 Å². The van der Waals surface area contributed by atoms with E-state index in [0.717, 1.165) is 5.56 Å². The topological polar surface area (TPSA) is 42.2 Å². The lowest BCUT2D eigenvalue weighted by Gasteiger charge is -2.05. The highest BCUT2D eigenvalue weighted by molar-refractivity contribution is 5.35. The van der Waals surface area contributed by atoms with Crippen LogP contribution < -0.4 is 0 Å². The van der Waals surface area contributed by atoms with Crippen LogP contribution in [-0.2, 0) is 15.9 Å². The Balaban J connectivity index is 2.23. The van der Waals surface area contributed by atoms with Gasteiger partial charge < -0.3 is 9.47 Å². The largest absolute Gasteiger partial charge is 0.461 e. The number of nitriles is 1. The van der Waals surface area contributed by atoms with Crippen molar-refractivity contribution in [2.75, 3.05) is 13.2 Å². The molecule has 0 aromatic heterocycles. The van der Waals surface area contributed by atoms with E-state index in [9.17, 15) is 0 Å². The Morgan fingerprint density at radius 3 is 2.62 bits per heavy atom. The van der Waals surface area contributed by atoms with Gasteiger partial charge in [-0.3, -0.25) is 0 Å². The van der Waals surface area contributed by atoms with Crippen LogP contribution in [0, 0.1) is 18.3 Å². The van der Waals surface area contributed by atoms with E-state index in [1.165, 1.54) is 5.56 Å². The zero-order chi connectivity index (χ0) is 11.4. The molecule has 1 fully saturated rings. The maximum Gasteiger partial charge on any atom is 0.294 e. The molecule has 1 saturated heterocycles. The van der Waals surface area contributed by atoms with Crippen molar-refractivity contribution >= 4 is 0 Å². The van der Waals surface area contributed by atoms with Crippen LogP contribution in [0.5, 0.6) is 0 Å². The number of nitrogens with zero attached hydrogens (tertiary/aromatic N) is 1. The molecule has 0 aliphatic carbocycles. The molecule has 1 aromatic carbocycles. The minimum Gasteiger partial charge on any atom is -0.461 e. The van der Waals surface area contributed by atoms with Gasteiger partial charge in [-0.15, -0.1) is 0 Å². The second-order valence-electron chi connectivity index (χ2n) is 3.68. The van der Waals surface area contributed by atoms with Crippen molar-refractivity contribution in [3.8, 4) is 6.07 Å². The molecule has 1 aromatic rings. The van der Waals surface area contributed by atoms with Crippen molar-refractivity contribution in [2.24, 2.45) is 0 Å². The Bertz CT molecular complexity index is 449. The third kappa shape index (κ3) is 2.17. The Hall–Kier alpha value is -1.95. The second-order valence-corrected chi connectivity index (χ2v) is 3.68. The van der Waals surface area contributed by atoms with Crippen molar-refractivity contribution in [2.45, 2.75) is 13.3 Å². The fourth-order valence-electron chi connectivity index (χ4n) is 1.64. The summed E-state index contributed by atoms with van der Waals surface area (Å²) in [6, 6.07) is 10.2. The number of hydrogen-bond acceptors (Lipinski definition) is 3. The van der Waals surface area contributed by atoms with E-state index >= 15 is 0 Å². The summed E-state index contributed by atoms with van der Waals surface area (Å²) in [5.41, 5.74) is 2.87. The van der Waals surface area contributed by atoms with Crippen LogP contribution in [0.1, 0.15) is 11.1 Å². The van der Waals surface area contributed by atoms with Gasteiger partial charge in [-0.2, -0.15) is 5.26 Å². The maximum atomic E-state index is 9.07. The van der Waals surface area contributed by atoms with Crippen LogP contribution >= 0.6 is 0 Å². The molecular weight excluding hydrogens is 202 g/mol. The summed E-state index contributed by atoms with van der Waals surface area (Å²) in [7, 11) is 0. The number of rotatable bonds is 2. The Morgan fingerprint density at radius 2 is 2.00 bits per heavy atom. The first kappa shape index (κ1) is 10.6. The molecule has 0 amide bonds. The SMILES string of the molecule is Cc1ccccc1CC(C#N)=C1OCCO1. The van der Waals surface area contributed by atoms with Crippen LogP contribution in [0.25, 0.3) is 0 Å². The molecular formula is C13H13NO2. The van der Waals surface area contributed by atoms with Gasteiger partial charge in [-0.25, -0.2) is 0 Å². The smallest absolute Gasteiger partial charge is 0.294 e. The zero-order valence-electron chi connectivity index (χ0n) is 9.19. The van der Waals surface area contributed by atoms with Gasteiger partial charge in [-0.05, 0) is 18.1 Å². The minimum absolute atomic E-state index is 0.394. The summed E-state index contributed by atoms with van der Waals surface area (Å²) in [5, 5.41) is 9.07. The lowest BCUT2D eigenvalue weighted by molar-refractivity contribution is 0.171. The Labute approximate surface area is 94.9 Å². The van der Waals surface area contributed by atoms with Crippen molar-refractivity contribution in [1.82, 2.24) is 0 Å². The number of aryl methyl sites for hydroxylation is 1. The molecule has 0 bridgehead atoms. The molecule has 0 N–H and O–H groups in total. The molecule has 1 heterocycles. The van der Waals surface area contributed by atoms with Crippen molar-refractivity contribution in [3.05, 3.63) is 46.9 Å². The Morgan fingerprint density at radius 1 is 1.31 bits per heavy atom. The number of benzene rings is 1. The highest BCUT2D eigenvalue weighted by Crippen LogP contribution is 2.19. The molecule has 82 valence electrons. The molecule has 1 aliphatic heterocycles. The molecule has 0 atom stereocenters. The molecule has 2 rings (SSSR count). The standard InChI is InChI=1S/C13H13NO2/c1-10-4-2-3-5-11(10)8-12(9-14)13-15-6-7-16-13/h2-5H,6-8H2,1H3. The first-order valence-corrected chi connectivity index (χ1v) is 5.24. The fraction of sp³-hybridized carbons (Fsp3) is 0.308. The van der Waals surface area contributed by atoms with Gasteiger partial charge in [0.25, 0.3) is 5.95 Å². The van der Waals surface area contributed by atoms with Gasteiger partial charge in [0.1, 0.15) is 24.9 Å². The molecule has 0 spiro atoms. The number of hydrogen-bond donors (Lipinski definition) is 0. The lowest BCUT2D eigenvalue weighted by Crippen LogP contribution is -1.97. The van der Waals surface area contributed by atoms with Gasteiger partial charge in [0, 0.05) is 6.42 Å². The van der Waals surface area contributed by atoms with Crippen LogP contribution in [0.2, 0.25) is 0 Å². The highest BCUT2D eigenvalue weighted by Gasteiger charge is 2.16. The van der Waals surface area contributed by atoms with Crippen LogP contribution in [-0.4, -0.2) is 13.2 Å². The van der Waals surface area contributed by atoms with Crippen LogP contribution in [0.4, 0.5) is 0 Å². The highest BCUT2D eigenvalue weighted by atomic mass is 16.7. The quantitative estimate of drug-likeness (QED) is 0.711. The predicted molar refractivity (Wildman–Crippen MR) is 59.4 cm³/mol.